The summed E-state index contributed by atoms with van der Waals surface area (Å²) in [7, 11) is 0. The summed E-state index contributed by atoms with van der Waals surface area (Å²) in [5, 5.41) is 8.67. The monoisotopic (exact) mass is 403 g/mol. The first-order chi connectivity index (χ1) is 15.3. The largest absolute Gasteiger partial charge is 0.338 e. The molecule has 0 fully saturated rings. The topological polar surface area (TPSA) is 96.0 Å². The maximum absolute atomic E-state index is 4.91. The van der Waals surface area contributed by atoms with Gasteiger partial charge >= 0.3 is 0 Å². The SMILES string of the molecule is Cc1ccncc1-c1ccc2[nH]nc(-c3cc4c(-c5ccncc5)ccnc4[nH]3)c2n1. The highest BCUT2D eigenvalue weighted by molar-refractivity contribution is 5.99. The number of rotatable bonds is 3. The molecule has 6 rings (SSSR count). The van der Waals surface area contributed by atoms with E-state index in [1.54, 1.807) is 18.6 Å². The van der Waals surface area contributed by atoms with Crippen LogP contribution in [0.3, 0.4) is 0 Å². The third-order valence-electron chi connectivity index (χ3n) is 5.50. The molecule has 0 spiro atoms. The molecule has 0 aliphatic heterocycles. The quantitative estimate of drug-likeness (QED) is 0.437. The summed E-state index contributed by atoms with van der Waals surface area (Å²) >= 11 is 0. The van der Waals surface area contributed by atoms with Gasteiger partial charge in [-0.05, 0) is 66.1 Å². The molecule has 0 aromatic carbocycles. The molecule has 0 amide bonds. The van der Waals surface area contributed by atoms with Gasteiger partial charge in [0.05, 0.1) is 16.9 Å². The van der Waals surface area contributed by atoms with Crippen LogP contribution in [-0.2, 0) is 0 Å². The number of nitrogens with one attached hydrogen (secondary N) is 2. The summed E-state index contributed by atoms with van der Waals surface area (Å²) in [4.78, 5) is 21.2. The van der Waals surface area contributed by atoms with Crippen LogP contribution in [0, 0.1) is 6.92 Å². The molecule has 7 nitrogen and oxygen atoms in total. The van der Waals surface area contributed by atoms with Crippen molar-refractivity contribution in [1.29, 1.82) is 0 Å². The molecule has 6 aromatic rings. The van der Waals surface area contributed by atoms with Gasteiger partial charge in [0.25, 0.3) is 0 Å². The fourth-order valence-corrected chi connectivity index (χ4v) is 3.91. The smallest absolute Gasteiger partial charge is 0.138 e. The first-order valence-corrected chi connectivity index (χ1v) is 9.92. The van der Waals surface area contributed by atoms with E-state index in [4.69, 9.17) is 4.98 Å². The molecular weight excluding hydrogens is 386 g/mol. The Kier molecular flexibility index (Phi) is 3.86. The maximum Gasteiger partial charge on any atom is 0.138 e. The fraction of sp³-hybridized carbons (Fsp3) is 0.0417. The van der Waals surface area contributed by atoms with Gasteiger partial charge in [-0.15, -0.1) is 0 Å². The van der Waals surface area contributed by atoms with Gasteiger partial charge in [0.2, 0.25) is 0 Å². The fourth-order valence-electron chi connectivity index (χ4n) is 3.91. The van der Waals surface area contributed by atoms with Crippen LogP contribution in [0.4, 0.5) is 0 Å². The molecule has 148 valence electrons. The minimum absolute atomic E-state index is 0.761. The minimum atomic E-state index is 0.761. The molecule has 0 unspecified atom stereocenters. The number of pyridine rings is 4. The Morgan fingerprint density at radius 3 is 2.58 bits per heavy atom. The van der Waals surface area contributed by atoms with E-state index in [9.17, 15) is 0 Å². The molecule has 2 N–H and O–H groups in total. The Bertz CT molecular complexity index is 1550. The van der Waals surface area contributed by atoms with Gasteiger partial charge in [-0.25, -0.2) is 9.97 Å². The Hall–Kier alpha value is -4.39. The van der Waals surface area contributed by atoms with Gasteiger partial charge in [-0.3, -0.25) is 15.1 Å². The summed E-state index contributed by atoms with van der Waals surface area (Å²) in [5.74, 6) is 0. The zero-order valence-electron chi connectivity index (χ0n) is 16.7. The van der Waals surface area contributed by atoms with Crippen LogP contribution in [-0.4, -0.2) is 35.1 Å². The Labute approximate surface area is 177 Å². The Morgan fingerprint density at radius 2 is 1.71 bits per heavy atom. The summed E-state index contributed by atoms with van der Waals surface area (Å²) in [6.07, 6.45) is 9.03. The third-order valence-corrected chi connectivity index (χ3v) is 5.50. The standard InChI is InChI=1S/C24H17N7/c1-14-4-8-26-13-18(14)19-2-3-20-22(28-19)23(31-30-20)21-12-17-16(7-11-27-24(17)29-21)15-5-9-25-10-6-15/h2-13H,1H3,(H,27,29)(H,30,31). The average molecular weight is 403 g/mol. The summed E-state index contributed by atoms with van der Waals surface area (Å²) in [5.41, 5.74) is 9.30. The van der Waals surface area contributed by atoms with Crippen molar-refractivity contribution in [2.45, 2.75) is 6.92 Å². The van der Waals surface area contributed by atoms with Gasteiger partial charge in [0.1, 0.15) is 16.9 Å². The molecule has 0 aliphatic rings. The predicted octanol–water partition coefficient (Wildman–Crippen LogP) is 4.93. The lowest BCUT2D eigenvalue weighted by atomic mass is 10.1. The van der Waals surface area contributed by atoms with E-state index >= 15 is 0 Å². The van der Waals surface area contributed by atoms with Crippen LogP contribution in [0.5, 0.6) is 0 Å². The van der Waals surface area contributed by atoms with E-state index < -0.39 is 0 Å². The molecule has 6 heterocycles. The van der Waals surface area contributed by atoms with E-state index in [2.05, 4.69) is 43.1 Å². The molecule has 0 saturated heterocycles. The van der Waals surface area contributed by atoms with E-state index in [-0.39, 0.29) is 0 Å². The van der Waals surface area contributed by atoms with E-state index in [0.29, 0.717) is 0 Å². The molecule has 7 heteroatoms. The maximum atomic E-state index is 4.91. The molecular formula is C24H17N7. The van der Waals surface area contributed by atoms with Crippen molar-refractivity contribution in [2.24, 2.45) is 0 Å². The highest BCUT2D eigenvalue weighted by Gasteiger charge is 2.16. The van der Waals surface area contributed by atoms with Gasteiger partial charge in [-0.2, -0.15) is 5.10 Å². The highest BCUT2D eigenvalue weighted by atomic mass is 15.1. The van der Waals surface area contributed by atoms with E-state index in [1.165, 1.54) is 0 Å². The van der Waals surface area contributed by atoms with E-state index in [1.807, 2.05) is 48.8 Å². The van der Waals surface area contributed by atoms with E-state index in [0.717, 1.165) is 61.4 Å². The van der Waals surface area contributed by atoms with Crippen LogP contribution >= 0.6 is 0 Å². The summed E-state index contributed by atoms with van der Waals surface area (Å²) in [6.45, 7) is 2.06. The van der Waals surface area contributed by atoms with Gasteiger partial charge in [-0.1, -0.05) is 0 Å². The lowest BCUT2D eigenvalue weighted by molar-refractivity contribution is 1.12. The van der Waals surface area contributed by atoms with Crippen LogP contribution in [0.1, 0.15) is 5.56 Å². The first-order valence-electron chi connectivity index (χ1n) is 9.92. The molecule has 0 radical (unpaired) electrons. The number of aryl methyl sites for hydroxylation is 1. The van der Waals surface area contributed by atoms with Crippen LogP contribution in [0.15, 0.2) is 73.4 Å². The molecule has 6 aromatic heterocycles. The Morgan fingerprint density at radius 1 is 0.839 bits per heavy atom. The van der Waals surface area contributed by atoms with Crippen molar-refractivity contribution >= 4 is 22.1 Å². The van der Waals surface area contributed by atoms with Crippen molar-refractivity contribution in [3.63, 3.8) is 0 Å². The zero-order valence-corrected chi connectivity index (χ0v) is 16.7. The van der Waals surface area contributed by atoms with Crippen molar-refractivity contribution in [3.05, 3.63) is 79.0 Å². The second-order valence-corrected chi connectivity index (χ2v) is 7.40. The lowest BCUT2D eigenvalue weighted by Gasteiger charge is -2.04. The number of aromatic nitrogens is 7. The number of fused-ring (bicyclic) bond motifs is 2. The zero-order chi connectivity index (χ0) is 20.8. The molecule has 31 heavy (non-hydrogen) atoms. The number of aromatic amines is 2. The molecule has 0 atom stereocenters. The normalized spacial score (nSPS) is 11.4. The minimum Gasteiger partial charge on any atom is -0.338 e. The van der Waals surface area contributed by atoms with Gasteiger partial charge in [0, 0.05) is 41.9 Å². The first kappa shape index (κ1) is 17.5. The molecule has 0 bridgehead atoms. The number of H-pyrrole nitrogens is 2. The lowest BCUT2D eigenvalue weighted by Crippen LogP contribution is -1.89. The van der Waals surface area contributed by atoms with Crippen molar-refractivity contribution < 1.29 is 0 Å². The number of hydrogen-bond acceptors (Lipinski definition) is 5. The number of nitrogens with zero attached hydrogens (tertiary/aromatic N) is 5. The third kappa shape index (κ3) is 2.86. The molecule has 0 saturated carbocycles. The highest BCUT2D eigenvalue weighted by Crippen LogP contribution is 2.33. The number of hydrogen-bond donors (Lipinski definition) is 2. The van der Waals surface area contributed by atoms with Crippen molar-refractivity contribution in [3.8, 4) is 33.8 Å². The van der Waals surface area contributed by atoms with Crippen LogP contribution < -0.4 is 0 Å². The second kappa shape index (κ2) is 6.84. The van der Waals surface area contributed by atoms with Crippen LogP contribution in [0.25, 0.3) is 55.8 Å². The van der Waals surface area contributed by atoms with Crippen molar-refractivity contribution in [1.82, 2.24) is 35.1 Å². The second-order valence-electron chi connectivity index (χ2n) is 7.40. The van der Waals surface area contributed by atoms with Crippen LogP contribution in [0.2, 0.25) is 0 Å². The summed E-state index contributed by atoms with van der Waals surface area (Å²) in [6, 6.07) is 14.1. The Balaban J connectivity index is 1.52. The van der Waals surface area contributed by atoms with Gasteiger partial charge < -0.3 is 4.98 Å². The predicted molar refractivity (Wildman–Crippen MR) is 120 cm³/mol. The van der Waals surface area contributed by atoms with Gasteiger partial charge in [0.15, 0.2) is 0 Å². The molecule has 0 aliphatic carbocycles. The van der Waals surface area contributed by atoms with Crippen molar-refractivity contribution in [2.75, 3.05) is 0 Å². The summed E-state index contributed by atoms with van der Waals surface area (Å²) < 4.78 is 0. The average Bonchev–Trinajstić information content (AvgIpc) is 3.43.